The lowest BCUT2D eigenvalue weighted by atomic mass is 10.2. The number of rotatable bonds is 6. The van der Waals surface area contributed by atoms with Crippen molar-refractivity contribution in [3.63, 3.8) is 0 Å². The Kier molecular flexibility index (Phi) is 4.58. The van der Waals surface area contributed by atoms with Gasteiger partial charge in [-0.1, -0.05) is 34.1 Å². The Morgan fingerprint density at radius 3 is 2.81 bits per heavy atom. The molecule has 0 heterocycles. The van der Waals surface area contributed by atoms with Gasteiger partial charge in [0, 0.05) is 22.6 Å². The number of hydrogen-bond donors (Lipinski definition) is 2. The molecule has 0 aliphatic heterocycles. The summed E-state index contributed by atoms with van der Waals surface area (Å²) in [6.07, 6.45) is 2.54. The first-order chi connectivity index (χ1) is 10.2. The van der Waals surface area contributed by atoms with Crippen molar-refractivity contribution in [1.29, 1.82) is 0 Å². The van der Waals surface area contributed by atoms with E-state index in [4.69, 9.17) is 4.74 Å². The first kappa shape index (κ1) is 14.6. The minimum absolute atomic E-state index is 0.0196. The summed E-state index contributed by atoms with van der Waals surface area (Å²) in [4.78, 5) is 0. The van der Waals surface area contributed by atoms with Crippen LogP contribution < -0.4 is 10.1 Å². The first-order valence-corrected chi connectivity index (χ1v) is 7.93. The van der Waals surface area contributed by atoms with Gasteiger partial charge in [0.1, 0.15) is 11.5 Å². The number of aliphatic hydroxyl groups excluding tert-OH is 1. The highest BCUT2D eigenvalue weighted by Gasteiger charge is 2.20. The van der Waals surface area contributed by atoms with E-state index in [1.807, 2.05) is 36.4 Å². The maximum atomic E-state index is 9.21. The predicted molar refractivity (Wildman–Crippen MR) is 86.4 cm³/mol. The van der Waals surface area contributed by atoms with Gasteiger partial charge in [0.05, 0.1) is 6.61 Å². The summed E-state index contributed by atoms with van der Waals surface area (Å²) >= 11 is 3.49. The third-order valence-corrected chi connectivity index (χ3v) is 3.99. The highest BCUT2D eigenvalue weighted by molar-refractivity contribution is 9.10. The minimum Gasteiger partial charge on any atom is -0.457 e. The van der Waals surface area contributed by atoms with Crippen LogP contribution in [0.3, 0.4) is 0 Å². The fourth-order valence-electron chi connectivity index (χ4n) is 2.15. The van der Waals surface area contributed by atoms with Crippen molar-refractivity contribution in [2.24, 2.45) is 0 Å². The maximum Gasteiger partial charge on any atom is 0.133 e. The normalized spacial score (nSPS) is 14.2. The topological polar surface area (TPSA) is 41.5 Å². The van der Waals surface area contributed by atoms with Crippen molar-refractivity contribution >= 4 is 15.9 Å². The minimum atomic E-state index is 0.0196. The van der Waals surface area contributed by atoms with Crippen LogP contribution in [0, 0.1) is 0 Å². The molecule has 110 valence electrons. The van der Waals surface area contributed by atoms with Crippen molar-refractivity contribution in [3.05, 3.63) is 58.1 Å². The zero-order chi connectivity index (χ0) is 14.7. The largest absolute Gasteiger partial charge is 0.457 e. The number of nitrogens with one attached hydrogen (secondary N) is 1. The van der Waals surface area contributed by atoms with Gasteiger partial charge in [-0.25, -0.2) is 0 Å². The standard InChI is InChI=1S/C17H18BrNO2/c18-14-5-4-13(10-19-15-6-7-15)17(9-14)21-16-3-1-2-12(8-16)11-20/h1-5,8-9,15,19-20H,6-7,10-11H2. The molecule has 3 rings (SSSR count). The lowest BCUT2D eigenvalue weighted by molar-refractivity contribution is 0.281. The fraction of sp³-hybridized carbons (Fsp3) is 0.294. The van der Waals surface area contributed by atoms with Gasteiger partial charge in [-0.05, 0) is 42.7 Å². The van der Waals surface area contributed by atoms with Gasteiger partial charge in [0.25, 0.3) is 0 Å². The molecule has 0 bridgehead atoms. The third-order valence-electron chi connectivity index (χ3n) is 3.50. The van der Waals surface area contributed by atoms with Crippen LogP contribution in [0.5, 0.6) is 11.5 Å². The van der Waals surface area contributed by atoms with Crippen LogP contribution in [0.15, 0.2) is 46.9 Å². The van der Waals surface area contributed by atoms with Crippen LogP contribution >= 0.6 is 15.9 Å². The molecule has 0 unspecified atom stereocenters. The second kappa shape index (κ2) is 6.60. The van der Waals surface area contributed by atoms with Gasteiger partial charge in [-0.3, -0.25) is 0 Å². The molecule has 0 radical (unpaired) electrons. The van der Waals surface area contributed by atoms with Gasteiger partial charge >= 0.3 is 0 Å². The van der Waals surface area contributed by atoms with Crippen LogP contribution in [0.1, 0.15) is 24.0 Å². The van der Waals surface area contributed by atoms with E-state index in [0.717, 1.165) is 33.6 Å². The molecule has 0 spiro atoms. The van der Waals surface area contributed by atoms with Gasteiger partial charge in [-0.15, -0.1) is 0 Å². The van der Waals surface area contributed by atoms with Crippen molar-refractivity contribution in [3.8, 4) is 11.5 Å². The second-order valence-corrected chi connectivity index (χ2v) is 6.23. The Hall–Kier alpha value is -1.36. The summed E-state index contributed by atoms with van der Waals surface area (Å²) in [6, 6.07) is 14.3. The molecule has 1 fully saturated rings. The Labute approximate surface area is 133 Å². The molecule has 1 aliphatic rings. The molecule has 3 nitrogen and oxygen atoms in total. The van der Waals surface area contributed by atoms with Crippen LogP contribution in [-0.4, -0.2) is 11.1 Å². The van der Waals surface area contributed by atoms with Crippen LogP contribution in [0.2, 0.25) is 0 Å². The van der Waals surface area contributed by atoms with Crippen LogP contribution in [0.4, 0.5) is 0 Å². The van der Waals surface area contributed by atoms with Crippen LogP contribution in [-0.2, 0) is 13.2 Å². The molecule has 0 amide bonds. The quantitative estimate of drug-likeness (QED) is 0.830. The lowest BCUT2D eigenvalue weighted by Crippen LogP contribution is -2.15. The smallest absolute Gasteiger partial charge is 0.133 e. The number of aliphatic hydroxyl groups is 1. The summed E-state index contributed by atoms with van der Waals surface area (Å²) in [7, 11) is 0. The average molecular weight is 348 g/mol. The molecule has 21 heavy (non-hydrogen) atoms. The molecule has 2 N–H and O–H groups in total. The monoisotopic (exact) mass is 347 g/mol. The van der Waals surface area contributed by atoms with Gasteiger partial charge in [0.2, 0.25) is 0 Å². The molecular formula is C17H18BrNO2. The average Bonchev–Trinajstić information content (AvgIpc) is 3.31. The van der Waals surface area contributed by atoms with Crippen molar-refractivity contribution in [2.45, 2.75) is 32.0 Å². The first-order valence-electron chi connectivity index (χ1n) is 7.14. The summed E-state index contributed by atoms with van der Waals surface area (Å²) in [5.41, 5.74) is 1.99. The number of benzene rings is 2. The second-order valence-electron chi connectivity index (χ2n) is 5.31. The van der Waals surface area contributed by atoms with E-state index < -0.39 is 0 Å². The van der Waals surface area contributed by atoms with E-state index in [1.165, 1.54) is 12.8 Å². The number of ether oxygens (including phenoxy) is 1. The predicted octanol–water partition coefficient (Wildman–Crippen LogP) is 3.99. The van der Waals surface area contributed by atoms with Gasteiger partial charge in [-0.2, -0.15) is 0 Å². The zero-order valence-corrected chi connectivity index (χ0v) is 13.3. The SMILES string of the molecule is OCc1cccc(Oc2cc(Br)ccc2CNC2CC2)c1. The van der Waals surface area contributed by atoms with Gasteiger partial charge < -0.3 is 15.2 Å². The zero-order valence-electron chi connectivity index (χ0n) is 11.7. The third kappa shape index (κ3) is 4.06. The molecule has 2 aromatic rings. The van der Waals surface area contributed by atoms with Crippen molar-refractivity contribution in [2.75, 3.05) is 0 Å². The van der Waals surface area contributed by atoms with E-state index in [-0.39, 0.29) is 6.61 Å². The lowest BCUT2D eigenvalue weighted by Gasteiger charge is -2.13. The van der Waals surface area contributed by atoms with Gasteiger partial charge in [0.15, 0.2) is 0 Å². The molecule has 1 aliphatic carbocycles. The molecule has 0 atom stereocenters. The summed E-state index contributed by atoms with van der Waals surface area (Å²) in [6.45, 7) is 0.832. The highest BCUT2D eigenvalue weighted by atomic mass is 79.9. The Bertz CT molecular complexity index is 626. The molecular weight excluding hydrogens is 330 g/mol. The molecule has 4 heteroatoms. The Morgan fingerprint density at radius 1 is 1.19 bits per heavy atom. The summed E-state index contributed by atoms with van der Waals surface area (Å²) in [5, 5.41) is 12.7. The Balaban J connectivity index is 1.79. The van der Waals surface area contributed by atoms with Crippen molar-refractivity contribution < 1.29 is 9.84 Å². The van der Waals surface area contributed by atoms with E-state index >= 15 is 0 Å². The molecule has 2 aromatic carbocycles. The molecule has 0 aromatic heterocycles. The van der Waals surface area contributed by atoms with E-state index in [2.05, 4.69) is 27.3 Å². The van der Waals surface area contributed by atoms with Crippen molar-refractivity contribution in [1.82, 2.24) is 5.32 Å². The molecule has 0 saturated heterocycles. The maximum absolute atomic E-state index is 9.21. The Morgan fingerprint density at radius 2 is 2.05 bits per heavy atom. The van der Waals surface area contributed by atoms with E-state index in [0.29, 0.717) is 6.04 Å². The summed E-state index contributed by atoms with van der Waals surface area (Å²) < 4.78 is 7.00. The number of hydrogen-bond acceptors (Lipinski definition) is 3. The molecule has 1 saturated carbocycles. The highest BCUT2D eigenvalue weighted by Crippen LogP contribution is 2.30. The van der Waals surface area contributed by atoms with E-state index in [9.17, 15) is 5.11 Å². The fourth-order valence-corrected chi connectivity index (χ4v) is 2.49. The van der Waals surface area contributed by atoms with E-state index in [1.54, 1.807) is 0 Å². The summed E-state index contributed by atoms with van der Waals surface area (Å²) in [5.74, 6) is 1.58. The van der Waals surface area contributed by atoms with Crippen LogP contribution in [0.25, 0.3) is 0 Å². The number of halogens is 1.